The Labute approximate surface area is 209 Å². The van der Waals surface area contributed by atoms with Crippen LogP contribution in [0.3, 0.4) is 0 Å². The van der Waals surface area contributed by atoms with E-state index in [0.717, 1.165) is 17.8 Å². The zero-order chi connectivity index (χ0) is 23.5. The summed E-state index contributed by atoms with van der Waals surface area (Å²) in [5.74, 6) is 3.89. The highest BCUT2D eigenvalue weighted by atomic mass is 15.0. The molecule has 4 bridgehead atoms. The van der Waals surface area contributed by atoms with Gasteiger partial charge < -0.3 is 4.57 Å². The fourth-order valence-electron chi connectivity index (χ4n) is 9.92. The highest BCUT2D eigenvalue weighted by molar-refractivity contribution is 5.96. The first-order valence-corrected chi connectivity index (χ1v) is 14.0. The van der Waals surface area contributed by atoms with Crippen LogP contribution in [0, 0.1) is 34.5 Å². The largest absolute Gasteiger partial charge is 0.343 e. The topological polar surface area (TPSA) is 4.93 Å². The number of fused-ring (bicyclic) bond motifs is 5. The van der Waals surface area contributed by atoms with E-state index >= 15 is 0 Å². The zero-order valence-corrected chi connectivity index (χ0v) is 21.4. The summed E-state index contributed by atoms with van der Waals surface area (Å²) in [6, 6.07) is 18.3. The molecular weight excluding hydrogens is 422 g/mol. The maximum Gasteiger partial charge on any atom is 0.0530 e. The number of hydrogen-bond acceptors (Lipinski definition) is 0. The molecule has 2 unspecified atom stereocenters. The van der Waals surface area contributed by atoms with Crippen LogP contribution in [0.25, 0.3) is 22.2 Å². The SMILES string of the molecule is Cn1c2c(c3ccccc31)C(C(C)(C)C1C=CC(C34CC5CC(CC(C5)C3)C4)=C1)c1ccccc1-2. The fraction of sp³-hybridized carbons (Fsp3) is 0.471. The minimum Gasteiger partial charge on any atom is -0.343 e. The third kappa shape index (κ3) is 2.65. The average Bonchev–Trinajstić information content (AvgIpc) is 3.53. The quantitative estimate of drug-likeness (QED) is 0.369. The van der Waals surface area contributed by atoms with Gasteiger partial charge in [0.25, 0.3) is 0 Å². The second-order valence-corrected chi connectivity index (χ2v) is 13.4. The van der Waals surface area contributed by atoms with Gasteiger partial charge in [0.05, 0.1) is 5.69 Å². The molecule has 9 rings (SSSR count). The van der Waals surface area contributed by atoms with Gasteiger partial charge in [-0.25, -0.2) is 0 Å². The number of benzene rings is 2. The monoisotopic (exact) mass is 459 g/mol. The van der Waals surface area contributed by atoms with Crippen molar-refractivity contribution in [1.29, 1.82) is 0 Å². The van der Waals surface area contributed by atoms with Crippen molar-refractivity contribution in [3.8, 4) is 11.3 Å². The molecule has 0 spiro atoms. The van der Waals surface area contributed by atoms with Crippen molar-refractivity contribution in [2.45, 2.75) is 58.3 Å². The molecule has 1 aromatic heterocycles. The molecule has 0 saturated heterocycles. The van der Waals surface area contributed by atoms with Crippen LogP contribution in [0.5, 0.6) is 0 Å². The van der Waals surface area contributed by atoms with Crippen molar-refractivity contribution in [2.24, 2.45) is 41.5 Å². The van der Waals surface area contributed by atoms with Gasteiger partial charge in [0, 0.05) is 35.3 Å². The highest BCUT2D eigenvalue weighted by Crippen LogP contribution is 2.65. The van der Waals surface area contributed by atoms with E-state index in [1.54, 1.807) is 11.1 Å². The zero-order valence-electron chi connectivity index (χ0n) is 21.4. The summed E-state index contributed by atoms with van der Waals surface area (Å²) in [4.78, 5) is 0. The van der Waals surface area contributed by atoms with Crippen LogP contribution in [-0.2, 0) is 7.05 Å². The smallest absolute Gasteiger partial charge is 0.0530 e. The van der Waals surface area contributed by atoms with Crippen LogP contribution in [0.15, 0.2) is 72.3 Å². The van der Waals surface area contributed by atoms with Gasteiger partial charge in [-0.3, -0.25) is 0 Å². The lowest BCUT2D eigenvalue weighted by Crippen LogP contribution is -2.46. The molecule has 0 aliphatic heterocycles. The third-order valence-electron chi connectivity index (χ3n) is 11.1. The van der Waals surface area contributed by atoms with Gasteiger partial charge in [-0.15, -0.1) is 0 Å². The standard InChI is InChI=1S/C34H37N/c1-33(2,24-12-13-25(17-24)34-18-21-14-22(19-34)16-23(15-21)20-34)31-26-8-4-5-9-27(26)32-30(31)28-10-6-7-11-29(28)35(32)3/h4-13,17,21-24,31H,14-16,18-20H2,1-3H3. The molecule has 2 aromatic carbocycles. The summed E-state index contributed by atoms with van der Waals surface area (Å²) < 4.78 is 2.45. The molecule has 1 heteroatoms. The van der Waals surface area contributed by atoms with Crippen molar-refractivity contribution in [1.82, 2.24) is 4.57 Å². The van der Waals surface area contributed by atoms with E-state index in [9.17, 15) is 0 Å². The van der Waals surface area contributed by atoms with Gasteiger partial charge in [0.15, 0.2) is 0 Å². The van der Waals surface area contributed by atoms with E-state index in [1.807, 2.05) is 0 Å². The van der Waals surface area contributed by atoms with Gasteiger partial charge in [0.1, 0.15) is 0 Å². The van der Waals surface area contributed by atoms with Gasteiger partial charge >= 0.3 is 0 Å². The average molecular weight is 460 g/mol. The lowest BCUT2D eigenvalue weighted by atomic mass is 9.48. The summed E-state index contributed by atoms with van der Waals surface area (Å²) in [5, 5.41) is 1.44. The predicted molar refractivity (Wildman–Crippen MR) is 145 cm³/mol. The van der Waals surface area contributed by atoms with Gasteiger partial charge in [0.2, 0.25) is 0 Å². The summed E-state index contributed by atoms with van der Waals surface area (Å²) in [6.45, 7) is 5.08. The molecular formula is C34H37N. The van der Waals surface area contributed by atoms with E-state index in [4.69, 9.17) is 0 Å². The number of rotatable bonds is 3. The summed E-state index contributed by atoms with van der Waals surface area (Å²) in [5.41, 5.74) is 9.62. The second kappa shape index (κ2) is 6.81. The molecule has 1 heterocycles. The lowest BCUT2D eigenvalue weighted by molar-refractivity contribution is -0.0286. The third-order valence-corrected chi connectivity index (χ3v) is 11.1. The summed E-state index contributed by atoms with van der Waals surface area (Å²) in [7, 11) is 2.26. The number of nitrogens with zero attached hydrogens (tertiary/aromatic N) is 1. The first kappa shape index (κ1) is 20.6. The highest BCUT2D eigenvalue weighted by Gasteiger charge is 2.53. The van der Waals surface area contributed by atoms with E-state index in [0.29, 0.717) is 17.3 Å². The molecule has 35 heavy (non-hydrogen) atoms. The molecule has 4 fully saturated rings. The Morgan fingerprint density at radius 2 is 1.51 bits per heavy atom. The number of allylic oxidation sites excluding steroid dienone is 4. The van der Waals surface area contributed by atoms with Crippen molar-refractivity contribution in [3.63, 3.8) is 0 Å². The maximum absolute atomic E-state index is 2.73. The Hall–Kier alpha value is -2.54. The van der Waals surface area contributed by atoms with Crippen molar-refractivity contribution < 1.29 is 0 Å². The Kier molecular flexibility index (Phi) is 4.02. The van der Waals surface area contributed by atoms with E-state index in [1.165, 1.54) is 66.2 Å². The Morgan fingerprint density at radius 1 is 0.857 bits per heavy atom. The number of hydrogen-bond donors (Lipinski definition) is 0. The van der Waals surface area contributed by atoms with Gasteiger partial charge in [-0.05, 0) is 89.9 Å². The van der Waals surface area contributed by atoms with Crippen LogP contribution in [-0.4, -0.2) is 4.57 Å². The predicted octanol–water partition coefficient (Wildman–Crippen LogP) is 8.65. The number of para-hydroxylation sites is 1. The first-order chi connectivity index (χ1) is 16.9. The number of aryl methyl sites for hydroxylation is 1. The van der Waals surface area contributed by atoms with Crippen LogP contribution in [0.1, 0.15) is 69.4 Å². The van der Waals surface area contributed by atoms with Crippen LogP contribution in [0.2, 0.25) is 0 Å². The molecule has 178 valence electrons. The molecule has 3 aromatic rings. The van der Waals surface area contributed by atoms with E-state index in [2.05, 4.69) is 92.2 Å². The van der Waals surface area contributed by atoms with Crippen LogP contribution >= 0.6 is 0 Å². The lowest BCUT2D eigenvalue weighted by Gasteiger charge is -2.57. The summed E-state index contributed by atoms with van der Waals surface area (Å²) in [6.07, 6.45) is 16.8. The normalized spacial score (nSPS) is 34.5. The van der Waals surface area contributed by atoms with Crippen LogP contribution in [0.4, 0.5) is 0 Å². The van der Waals surface area contributed by atoms with Crippen LogP contribution < -0.4 is 0 Å². The second-order valence-electron chi connectivity index (χ2n) is 13.4. The van der Waals surface area contributed by atoms with Gasteiger partial charge in [-0.2, -0.15) is 0 Å². The molecule has 0 N–H and O–H groups in total. The molecule has 6 aliphatic rings. The van der Waals surface area contributed by atoms with Gasteiger partial charge in [-0.1, -0.05) is 74.5 Å². The number of aromatic nitrogens is 1. The first-order valence-electron chi connectivity index (χ1n) is 14.0. The Morgan fingerprint density at radius 3 is 2.26 bits per heavy atom. The molecule has 0 radical (unpaired) electrons. The molecule has 4 saturated carbocycles. The maximum atomic E-state index is 2.73. The van der Waals surface area contributed by atoms with E-state index < -0.39 is 0 Å². The summed E-state index contributed by atoms with van der Waals surface area (Å²) >= 11 is 0. The fourth-order valence-corrected chi connectivity index (χ4v) is 9.92. The molecule has 2 atom stereocenters. The minimum absolute atomic E-state index is 0.103. The Bertz CT molecular complexity index is 1390. The van der Waals surface area contributed by atoms with Crippen molar-refractivity contribution >= 4 is 10.9 Å². The molecule has 6 aliphatic carbocycles. The Balaban J connectivity index is 1.24. The van der Waals surface area contributed by atoms with E-state index in [-0.39, 0.29) is 5.41 Å². The molecule has 0 amide bonds. The van der Waals surface area contributed by atoms with Crippen molar-refractivity contribution in [3.05, 3.63) is 83.5 Å². The van der Waals surface area contributed by atoms with Crippen molar-refractivity contribution in [2.75, 3.05) is 0 Å². The minimum atomic E-state index is 0.103. The molecule has 1 nitrogen and oxygen atoms in total.